The fourth-order valence-corrected chi connectivity index (χ4v) is 2.18. The molecule has 1 aliphatic carbocycles. The molecule has 1 unspecified atom stereocenters. The summed E-state index contributed by atoms with van der Waals surface area (Å²) in [6.07, 6.45) is 2.86. The van der Waals surface area contributed by atoms with Crippen LogP contribution in [0.25, 0.3) is 0 Å². The maximum atomic E-state index is 13.3. The normalized spacial score (nSPS) is 15.0. The molecule has 2 rings (SSSR count). The van der Waals surface area contributed by atoms with E-state index in [1.54, 1.807) is 0 Å². The second kappa shape index (κ2) is 7.89. The van der Waals surface area contributed by atoms with E-state index in [0.29, 0.717) is 18.8 Å². The SMILES string of the molecule is O=C(CCCOc1ccc(F)cc1F)NC(CC1CC1)C(=O)O. The Bertz CT molecular complexity index is 575. The molecule has 0 heterocycles. The number of carboxylic acids is 1. The number of hydrogen-bond donors (Lipinski definition) is 2. The number of carboxylic acid groups (broad SMARTS) is 1. The Balaban J connectivity index is 1.68. The molecule has 0 radical (unpaired) electrons. The molecule has 7 heteroatoms. The average molecular weight is 327 g/mol. The van der Waals surface area contributed by atoms with Crippen LogP contribution in [0.3, 0.4) is 0 Å². The lowest BCUT2D eigenvalue weighted by molar-refractivity contribution is -0.142. The molecule has 1 atom stereocenters. The third-order valence-electron chi connectivity index (χ3n) is 3.60. The molecular weight excluding hydrogens is 308 g/mol. The van der Waals surface area contributed by atoms with Crippen LogP contribution >= 0.6 is 0 Å². The predicted octanol–water partition coefficient (Wildman–Crippen LogP) is 2.49. The third kappa shape index (κ3) is 5.84. The maximum Gasteiger partial charge on any atom is 0.326 e. The summed E-state index contributed by atoms with van der Waals surface area (Å²) in [4.78, 5) is 22.8. The Hall–Kier alpha value is -2.18. The van der Waals surface area contributed by atoms with Crippen LogP contribution in [0.2, 0.25) is 0 Å². The molecule has 0 aliphatic heterocycles. The van der Waals surface area contributed by atoms with E-state index in [2.05, 4.69) is 5.32 Å². The van der Waals surface area contributed by atoms with Crippen molar-refractivity contribution in [3.63, 3.8) is 0 Å². The molecule has 1 fully saturated rings. The molecule has 0 saturated heterocycles. The van der Waals surface area contributed by atoms with E-state index in [4.69, 9.17) is 9.84 Å². The van der Waals surface area contributed by atoms with Crippen molar-refractivity contribution in [2.24, 2.45) is 5.92 Å². The van der Waals surface area contributed by atoms with Crippen molar-refractivity contribution in [3.8, 4) is 5.75 Å². The van der Waals surface area contributed by atoms with Gasteiger partial charge in [0.2, 0.25) is 5.91 Å². The largest absolute Gasteiger partial charge is 0.491 e. The van der Waals surface area contributed by atoms with Crippen LogP contribution in [0, 0.1) is 17.6 Å². The first kappa shape index (κ1) is 17.2. The van der Waals surface area contributed by atoms with Gasteiger partial charge in [0.1, 0.15) is 11.9 Å². The molecule has 126 valence electrons. The van der Waals surface area contributed by atoms with Gasteiger partial charge >= 0.3 is 5.97 Å². The van der Waals surface area contributed by atoms with Gasteiger partial charge in [0.25, 0.3) is 0 Å². The molecule has 0 spiro atoms. The number of benzene rings is 1. The van der Waals surface area contributed by atoms with Gasteiger partial charge in [-0.3, -0.25) is 4.79 Å². The summed E-state index contributed by atoms with van der Waals surface area (Å²) in [7, 11) is 0. The van der Waals surface area contributed by atoms with Gasteiger partial charge in [-0.25, -0.2) is 13.6 Å². The van der Waals surface area contributed by atoms with Crippen molar-refractivity contribution < 1.29 is 28.2 Å². The van der Waals surface area contributed by atoms with Gasteiger partial charge in [-0.05, 0) is 30.9 Å². The highest BCUT2D eigenvalue weighted by Gasteiger charge is 2.29. The molecule has 0 bridgehead atoms. The summed E-state index contributed by atoms with van der Waals surface area (Å²) in [6, 6.07) is 2.13. The lowest BCUT2D eigenvalue weighted by atomic mass is 10.1. The summed E-state index contributed by atoms with van der Waals surface area (Å²) in [5.74, 6) is -2.59. The van der Waals surface area contributed by atoms with Crippen LogP contribution in [0.1, 0.15) is 32.1 Å². The number of halogens is 2. The van der Waals surface area contributed by atoms with E-state index in [0.717, 1.165) is 25.0 Å². The van der Waals surface area contributed by atoms with Crippen molar-refractivity contribution in [3.05, 3.63) is 29.8 Å². The van der Waals surface area contributed by atoms with E-state index in [1.807, 2.05) is 0 Å². The summed E-state index contributed by atoms with van der Waals surface area (Å²) >= 11 is 0. The van der Waals surface area contributed by atoms with Crippen LogP contribution < -0.4 is 10.1 Å². The Labute approximate surface area is 132 Å². The molecule has 1 saturated carbocycles. The highest BCUT2D eigenvalue weighted by Crippen LogP contribution is 2.33. The number of carbonyl (C=O) groups is 2. The molecule has 5 nitrogen and oxygen atoms in total. The first-order chi connectivity index (χ1) is 11.0. The topological polar surface area (TPSA) is 75.6 Å². The first-order valence-corrected chi connectivity index (χ1v) is 7.55. The second-order valence-electron chi connectivity index (χ2n) is 5.66. The minimum atomic E-state index is -1.03. The number of amides is 1. The van der Waals surface area contributed by atoms with Crippen molar-refractivity contribution in [1.82, 2.24) is 5.32 Å². The van der Waals surface area contributed by atoms with Crippen LogP contribution in [0.4, 0.5) is 8.78 Å². The van der Waals surface area contributed by atoms with Gasteiger partial charge in [0.05, 0.1) is 6.61 Å². The van der Waals surface area contributed by atoms with Gasteiger partial charge in [0, 0.05) is 12.5 Å². The van der Waals surface area contributed by atoms with Crippen LogP contribution in [0.15, 0.2) is 18.2 Å². The van der Waals surface area contributed by atoms with Gasteiger partial charge in [-0.15, -0.1) is 0 Å². The van der Waals surface area contributed by atoms with Gasteiger partial charge < -0.3 is 15.2 Å². The smallest absolute Gasteiger partial charge is 0.326 e. The lowest BCUT2D eigenvalue weighted by Gasteiger charge is -2.14. The number of ether oxygens (including phenoxy) is 1. The Kier molecular flexibility index (Phi) is 5.90. The fourth-order valence-electron chi connectivity index (χ4n) is 2.18. The molecule has 0 aromatic heterocycles. The fraction of sp³-hybridized carbons (Fsp3) is 0.500. The predicted molar refractivity (Wildman–Crippen MR) is 78.0 cm³/mol. The molecular formula is C16H19F2NO4. The minimum absolute atomic E-state index is 0.0797. The zero-order valence-corrected chi connectivity index (χ0v) is 12.6. The Morgan fingerprint density at radius 1 is 1.35 bits per heavy atom. The summed E-state index contributed by atoms with van der Waals surface area (Å²) in [6.45, 7) is 0.0797. The quantitative estimate of drug-likeness (QED) is 0.683. The number of hydrogen-bond acceptors (Lipinski definition) is 3. The molecule has 23 heavy (non-hydrogen) atoms. The third-order valence-corrected chi connectivity index (χ3v) is 3.60. The Morgan fingerprint density at radius 2 is 2.09 bits per heavy atom. The summed E-state index contributed by atoms with van der Waals surface area (Å²) < 4.78 is 31.2. The van der Waals surface area contributed by atoms with Gasteiger partial charge in [0.15, 0.2) is 11.6 Å². The zero-order chi connectivity index (χ0) is 16.8. The van der Waals surface area contributed by atoms with Crippen LogP contribution in [-0.2, 0) is 9.59 Å². The number of carbonyl (C=O) groups excluding carboxylic acids is 1. The Morgan fingerprint density at radius 3 is 2.70 bits per heavy atom. The zero-order valence-electron chi connectivity index (χ0n) is 12.6. The molecule has 1 aromatic carbocycles. The summed E-state index contributed by atoms with van der Waals surface area (Å²) in [5.41, 5.74) is 0. The first-order valence-electron chi connectivity index (χ1n) is 7.55. The summed E-state index contributed by atoms with van der Waals surface area (Å²) in [5, 5.41) is 11.5. The van der Waals surface area contributed by atoms with Crippen molar-refractivity contribution in [1.29, 1.82) is 0 Å². The van der Waals surface area contributed by atoms with Gasteiger partial charge in [-0.1, -0.05) is 12.8 Å². The lowest BCUT2D eigenvalue weighted by Crippen LogP contribution is -2.41. The van der Waals surface area contributed by atoms with Crippen LogP contribution in [-0.4, -0.2) is 29.6 Å². The monoisotopic (exact) mass is 327 g/mol. The average Bonchev–Trinajstić information content (AvgIpc) is 3.28. The van der Waals surface area contributed by atoms with Gasteiger partial charge in [-0.2, -0.15) is 0 Å². The van der Waals surface area contributed by atoms with E-state index in [1.165, 1.54) is 6.07 Å². The molecule has 1 aromatic rings. The number of rotatable bonds is 9. The van der Waals surface area contributed by atoms with Crippen molar-refractivity contribution in [2.75, 3.05) is 6.61 Å². The van der Waals surface area contributed by atoms with E-state index in [9.17, 15) is 18.4 Å². The van der Waals surface area contributed by atoms with Crippen molar-refractivity contribution in [2.45, 2.75) is 38.1 Å². The standard InChI is InChI=1S/C16H19F2NO4/c17-11-5-6-14(12(18)9-11)23-7-1-2-15(20)19-13(16(21)22)8-10-3-4-10/h5-6,9-10,13H,1-4,7-8H2,(H,19,20)(H,21,22). The van der Waals surface area contributed by atoms with Crippen LogP contribution in [0.5, 0.6) is 5.75 Å². The maximum absolute atomic E-state index is 13.3. The highest BCUT2D eigenvalue weighted by atomic mass is 19.1. The number of aliphatic carboxylic acids is 1. The minimum Gasteiger partial charge on any atom is -0.491 e. The van der Waals surface area contributed by atoms with E-state index < -0.39 is 23.6 Å². The van der Waals surface area contributed by atoms with E-state index in [-0.39, 0.29) is 24.7 Å². The molecule has 1 aliphatic rings. The van der Waals surface area contributed by atoms with E-state index >= 15 is 0 Å². The molecule has 1 amide bonds. The number of nitrogens with one attached hydrogen (secondary N) is 1. The highest BCUT2D eigenvalue weighted by molar-refractivity contribution is 5.83. The molecule has 2 N–H and O–H groups in total. The van der Waals surface area contributed by atoms with Crippen molar-refractivity contribution >= 4 is 11.9 Å². The second-order valence-corrected chi connectivity index (χ2v) is 5.66.